The Labute approximate surface area is 115 Å². The highest BCUT2D eigenvalue weighted by Crippen LogP contribution is 2.26. The van der Waals surface area contributed by atoms with Crippen LogP contribution in [-0.2, 0) is 12.8 Å². The molecule has 1 aromatic carbocycles. The van der Waals surface area contributed by atoms with Crippen molar-refractivity contribution >= 4 is 27.3 Å². The first-order chi connectivity index (χ1) is 8.20. The van der Waals surface area contributed by atoms with Crippen LogP contribution in [0.5, 0.6) is 0 Å². The molecule has 0 saturated carbocycles. The van der Waals surface area contributed by atoms with E-state index in [0.717, 1.165) is 17.3 Å². The van der Waals surface area contributed by atoms with Gasteiger partial charge in [-0.15, -0.1) is 11.3 Å². The average Bonchev–Trinajstić information content (AvgIpc) is 2.80. The lowest BCUT2D eigenvalue weighted by Crippen LogP contribution is -2.13. The van der Waals surface area contributed by atoms with Gasteiger partial charge in [0.2, 0.25) is 0 Å². The van der Waals surface area contributed by atoms with Gasteiger partial charge in [-0.25, -0.2) is 0 Å². The number of nitrogens with two attached hydrogens (primary N) is 1. The minimum Gasteiger partial charge on any atom is -0.323 e. The van der Waals surface area contributed by atoms with Crippen molar-refractivity contribution in [2.75, 3.05) is 0 Å². The van der Waals surface area contributed by atoms with Crippen LogP contribution < -0.4 is 5.73 Å². The number of rotatable bonds is 4. The highest BCUT2D eigenvalue weighted by atomic mass is 79.9. The van der Waals surface area contributed by atoms with Gasteiger partial charge in [0.1, 0.15) is 0 Å². The number of aryl methyl sites for hydroxylation is 1. The van der Waals surface area contributed by atoms with Crippen molar-refractivity contribution in [3.8, 4) is 0 Å². The summed E-state index contributed by atoms with van der Waals surface area (Å²) in [5, 5.41) is 2.13. The fourth-order valence-electron chi connectivity index (χ4n) is 1.93. The zero-order chi connectivity index (χ0) is 12.3. The molecular formula is C14H16BrNS. The fourth-order valence-corrected chi connectivity index (χ4v) is 3.20. The van der Waals surface area contributed by atoms with Gasteiger partial charge in [0, 0.05) is 15.4 Å². The Kier molecular flexibility index (Phi) is 4.37. The molecule has 1 atom stereocenters. The van der Waals surface area contributed by atoms with Crippen LogP contribution in [0.1, 0.15) is 29.0 Å². The van der Waals surface area contributed by atoms with E-state index in [4.69, 9.17) is 5.73 Å². The Morgan fingerprint density at radius 2 is 1.94 bits per heavy atom. The smallest absolute Gasteiger partial charge is 0.0433 e. The molecule has 1 heterocycles. The molecule has 0 amide bonds. The van der Waals surface area contributed by atoms with Gasteiger partial charge >= 0.3 is 0 Å². The van der Waals surface area contributed by atoms with Crippen molar-refractivity contribution in [1.29, 1.82) is 0 Å². The van der Waals surface area contributed by atoms with E-state index in [-0.39, 0.29) is 6.04 Å². The molecule has 0 aliphatic carbocycles. The molecule has 2 aromatic rings. The van der Waals surface area contributed by atoms with Crippen LogP contribution in [0.2, 0.25) is 0 Å². The molecule has 2 N–H and O–H groups in total. The van der Waals surface area contributed by atoms with E-state index in [9.17, 15) is 0 Å². The molecule has 0 aliphatic heterocycles. The molecule has 0 bridgehead atoms. The van der Waals surface area contributed by atoms with Gasteiger partial charge in [-0.1, -0.05) is 35.0 Å². The molecule has 1 nitrogen and oxygen atoms in total. The minimum atomic E-state index is 0.117. The monoisotopic (exact) mass is 309 g/mol. The number of hydrogen-bond donors (Lipinski definition) is 1. The Hall–Kier alpha value is -0.640. The maximum atomic E-state index is 6.28. The van der Waals surface area contributed by atoms with Crippen molar-refractivity contribution in [2.24, 2.45) is 5.73 Å². The van der Waals surface area contributed by atoms with E-state index < -0.39 is 0 Å². The lowest BCUT2D eigenvalue weighted by Gasteiger charge is -2.12. The maximum Gasteiger partial charge on any atom is 0.0433 e. The largest absolute Gasteiger partial charge is 0.323 e. The van der Waals surface area contributed by atoms with Crippen molar-refractivity contribution in [3.05, 3.63) is 56.2 Å². The highest BCUT2D eigenvalue weighted by Gasteiger charge is 2.12. The summed E-state index contributed by atoms with van der Waals surface area (Å²) in [5.41, 5.74) is 8.96. The Bertz CT molecular complexity index is 475. The molecule has 90 valence electrons. The Morgan fingerprint density at radius 3 is 2.59 bits per heavy atom. The van der Waals surface area contributed by atoms with E-state index in [2.05, 4.69) is 58.6 Å². The predicted octanol–water partition coefficient (Wildman–Crippen LogP) is 4.32. The van der Waals surface area contributed by atoms with E-state index in [1.807, 2.05) is 0 Å². The van der Waals surface area contributed by atoms with Gasteiger partial charge in [-0.05, 0) is 47.5 Å². The highest BCUT2D eigenvalue weighted by molar-refractivity contribution is 9.10. The Balaban J connectivity index is 2.11. The zero-order valence-electron chi connectivity index (χ0n) is 9.82. The molecule has 0 spiro atoms. The Morgan fingerprint density at radius 1 is 1.24 bits per heavy atom. The van der Waals surface area contributed by atoms with Gasteiger partial charge in [0.25, 0.3) is 0 Å². The summed E-state index contributed by atoms with van der Waals surface area (Å²) in [6.45, 7) is 2.18. The van der Waals surface area contributed by atoms with Gasteiger partial charge < -0.3 is 5.73 Å². The molecule has 0 fully saturated rings. The van der Waals surface area contributed by atoms with Gasteiger partial charge in [0.05, 0.1) is 0 Å². The molecule has 1 aromatic heterocycles. The molecule has 2 rings (SSSR count). The summed E-state index contributed by atoms with van der Waals surface area (Å²) >= 11 is 5.21. The van der Waals surface area contributed by atoms with Crippen LogP contribution in [0, 0.1) is 0 Å². The lowest BCUT2D eigenvalue weighted by molar-refractivity contribution is 0.728. The second-order valence-corrected chi connectivity index (χ2v) is 5.96. The minimum absolute atomic E-state index is 0.117. The maximum absolute atomic E-state index is 6.28. The SMILES string of the molecule is CCc1ccsc1C(N)Cc1ccc(Br)cc1. The number of benzene rings is 1. The van der Waals surface area contributed by atoms with Gasteiger partial charge in [0.15, 0.2) is 0 Å². The molecule has 3 heteroatoms. The van der Waals surface area contributed by atoms with Crippen molar-refractivity contribution in [1.82, 2.24) is 0 Å². The summed E-state index contributed by atoms with van der Waals surface area (Å²) in [7, 11) is 0. The number of halogens is 1. The lowest BCUT2D eigenvalue weighted by atomic mass is 10.0. The molecule has 17 heavy (non-hydrogen) atoms. The second-order valence-electron chi connectivity index (χ2n) is 4.10. The van der Waals surface area contributed by atoms with E-state index in [0.29, 0.717) is 0 Å². The van der Waals surface area contributed by atoms with Crippen molar-refractivity contribution in [3.63, 3.8) is 0 Å². The quantitative estimate of drug-likeness (QED) is 0.894. The first kappa shape index (κ1) is 12.8. The zero-order valence-corrected chi connectivity index (χ0v) is 12.2. The average molecular weight is 310 g/mol. The molecule has 0 aliphatic rings. The normalized spacial score (nSPS) is 12.6. The van der Waals surface area contributed by atoms with Gasteiger partial charge in [-0.3, -0.25) is 0 Å². The molecule has 0 saturated heterocycles. The first-order valence-corrected chi connectivity index (χ1v) is 7.44. The molecule has 0 radical (unpaired) electrons. The van der Waals surface area contributed by atoms with Crippen LogP contribution >= 0.6 is 27.3 Å². The van der Waals surface area contributed by atoms with Crippen LogP contribution in [0.3, 0.4) is 0 Å². The summed E-state index contributed by atoms with van der Waals surface area (Å²) in [6.07, 6.45) is 1.97. The van der Waals surface area contributed by atoms with Crippen LogP contribution in [0.25, 0.3) is 0 Å². The van der Waals surface area contributed by atoms with E-state index in [1.165, 1.54) is 16.0 Å². The number of hydrogen-bond acceptors (Lipinski definition) is 2. The summed E-state index contributed by atoms with van der Waals surface area (Å²) in [5.74, 6) is 0. The van der Waals surface area contributed by atoms with Crippen molar-refractivity contribution in [2.45, 2.75) is 25.8 Å². The predicted molar refractivity (Wildman–Crippen MR) is 78.5 cm³/mol. The van der Waals surface area contributed by atoms with Crippen LogP contribution in [0.4, 0.5) is 0 Å². The third-order valence-electron chi connectivity index (χ3n) is 2.87. The van der Waals surface area contributed by atoms with Crippen LogP contribution in [-0.4, -0.2) is 0 Å². The summed E-state index contributed by atoms with van der Waals surface area (Å²) < 4.78 is 1.11. The third-order valence-corrected chi connectivity index (χ3v) is 4.49. The standard InChI is InChI=1S/C14H16BrNS/c1-2-11-7-8-17-14(11)13(16)9-10-3-5-12(15)6-4-10/h3-8,13H,2,9,16H2,1H3. The summed E-state index contributed by atoms with van der Waals surface area (Å²) in [6, 6.07) is 10.7. The second kappa shape index (κ2) is 5.80. The molecule has 1 unspecified atom stereocenters. The van der Waals surface area contributed by atoms with E-state index >= 15 is 0 Å². The van der Waals surface area contributed by atoms with Crippen molar-refractivity contribution < 1.29 is 0 Å². The van der Waals surface area contributed by atoms with Crippen LogP contribution in [0.15, 0.2) is 40.2 Å². The summed E-state index contributed by atoms with van der Waals surface area (Å²) in [4.78, 5) is 1.33. The van der Waals surface area contributed by atoms with E-state index in [1.54, 1.807) is 11.3 Å². The van der Waals surface area contributed by atoms with Gasteiger partial charge in [-0.2, -0.15) is 0 Å². The molecular weight excluding hydrogens is 294 g/mol. The third kappa shape index (κ3) is 3.18. The number of thiophene rings is 1. The fraction of sp³-hybridized carbons (Fsp3) is 0.286. The topological polar surface area (TPSA) is 26.0 Å². The first-order valence-electron chi connectivity index (χ1n) is 5.77.